The summed E-state index contributed by atoms with van der Waals surface area (Å²) in [6, 6.07) is 3.08. The maximum Gasteiger partial charge on any atom is 0.371 e. The normalized spacial score (nSPS) is 12.6. The second-order valence-electron chi connectivity index (χ2n) is 3.35. The number of rotatable bonds is 4. The lowest BCUT2D eigenvalue weighted by molar-refractivity contribution is 0.0660. The Morgan fingerprint density at radius 1 is 1.59 bits per heavy atom. The highest BCUT2D eigenvalue weighted by molar-refractivity contribution is 7.99. The number of hydrogen-bond donors (Lipinski definition) is 1. The molecule has 0 aliphatic rings. The van der Waals surface area contributed by atoms with Gasteiger partial charge in [-0.15, -0.1) is 5.10 Å². The van der Waals surface area contributed by atoms with Crippen molar-refractivity contribution < 1.29 is 14.3 Å². The summed E-state index contributed by atoms with van der Waals surface area (Å²) in [7, 11) is 1.74. The Kier molecular flexibility index (Phi) is 3.14. The van der Waals surface area contributed by atoms with Gasteiger partial charge in [0.25, 0.3) is 0 Å². The molecule has 0 bridgehead atoms. The van der Waals surface area contributed by atoms with E-state index in [9.17, 15) is 4.79 Å². The molecule has 2 heterocycles. The first-order chi connectivity index (χ1) is 8.08. The van der Waals surface area contributed by atoms with Crippen molar-refractivity contribution in [3.63, 3.8) is 0 Å². The van der Waals surface area contributed by atoms with E-state index in [0.29, 0.717) is 10.9 Å². The molecule has 0 saturated heterocycles. The van der Waals surface area contributed by atoms with E-state index in [1.165, 1.54) is 17.8 Å². The molecule has 2 aromatic rings. The zero-order valence-corrected chi connectivity index (χ0v) is 10.0. The van der Waals surface area contributed by atoms with Crippen molar-refractivity contribution in [2.45, 2.75) is 17.3 Å². The summed E-state index contributed by atoms with van der Waals surface area (Å²) in [5.74, 6) is -0.562. The number of hydrogen-bond acceptors (Lipinski definition) is 6. The monoisotopic (exact) mass is 254 g/mol. The topological polar surface area (TPSA) is 94.0 Å². The van der Waals surface area contributed by atoms with Gasteiger partial charge in [0.15, 0.2) is 0 Å². The molecule has 1 N–H and O–H groups in total. The van der Waals surface area contributed by atoms with Crippen molar-refractivity contribution in [2.24, 2.45) is 7.05 Å². The summed E-state index contributed by atoms with van der Waals surface area (Å²) >= 11 is 1.40. The Balaban J connectivity index is 2.12. The zero-order chi connectivity index (χ0) is 12.4. The van der Waals surface area contributed by atoms with Gasteiger partial charge in [-0.05, 0) is 29.5 Å². The number of aromatic carboxylic acids is 1. The van der Waals surface area contributed by atoms with Crippen LogP contribution >= 0.6 is 11.8 Å². The SMILES string of the molecule is CC(Sc1nnnn1C)c1ccc(C(=O)O)o1. The molecule has 8 heteroatoms. The van der Waals surface area contributed by atoms with Crippen LogP contribution in [-0.2, 0) is 7.05 Å². The number of aromatic nitrogens is 4. The van der Waals surface area contributed by atoms with Crippen LogP contribution in [0.5, 0.6) is 0 Å². The quantitative estimate of drug-likeness (QED) is 0.823. The summed E-state index contributed by atoms with van der Waals surface area (Å²) in [5, 5.41) is 20.4. The lowest BCUT2D eigenvalue weighted by Crippen LogP contribution is -1.96. The molecule has 1 unspecified atom stereocenters. The molecule has 0 radical (unpaired) electrons. The first-order valence-corrected chi connectivity index (χ1v) is 5.68. The fourth-order valence-corrected chi connectivity index (χ4v) is 2.06. The Hall–Kier alpha value is -1.83. The smallest absolute Gasteiger partial charge is 0.371 e. The van der Waals surface area contributed by atoms with E-state index in [-0.39, 0.29) is 11.0 Å². The van der Waals surface area contributed by atoms with Crippen molar-refractivity contribution in [1.82, 2.24) is 20.2 Å². The number of aryl methyl sites for hydroxylation is 1. The van der Waals surface area contributed by atoms with Gasteiger partial charge in [-0.1, -0.05) is 11.8 Å². The average molecular weight is 254 g/mol. The van der Waals surface area contributed by atoms with E-state index in [1.54, 1.807) is 17.8 Å². The zero-order valence-electron chi connectivity index (χ0n) is 9.19. The summed E-state index contributed by atoms with van der Waals surface area (Å²) in [6.07, 6.45) is 0. The minimum atomic E-state index is -1.08. The van der Waals surface area contributed by atoms with Gasteiger partial charge in [-0.3, -0.25) is 0 Å². The third-order valence-corrected chi connectivity index (χ3v) is 3.24. The van der Waals surface area contributed by atoms with E-state index < -0.39 is 5.97 Å². The molecule has 0 aromatic carbocycles. The maximum absolute atomic E-state index is 10.7. The van der Waals surface area contributed by atoms with Gasteiger partial charge >= 0.3 is 5.97 Å². The third kappa shape index (κ3) is 2.47. The number of nitrogens with zero attached hydrogens (tertiary/aromatic N) is 4. The molecular formula is C9H10N4O3S. The molecule has 0 fully saturated rings. The predicted molar refractivity (Wildman–Crippen MR) is 58.7 cm³/mol. The molecule has 0 amide bonds. The summed E-state index contributed by atoms with van der Waals surface area (Å²) < 4.78 is 6.74. The Labute approximate surface area is 101 Å². The highest BCUT2D eigenvalue weighted by Crippen LogP contribution is 2.33. The molecule has 0 aliphatic heterocycles. The number of carboxylic acid groups (broad SMARTS) is 1. The molecule has 0 aliphatic carbocycles. The van der Waals surface area contributed by atoms with Crippen LogP contribution in [0.4, 0.5) is 0 Å². The predicted octanol–water partition coefficient (Wildman–Crippen LogP) is 1.35. The van der Waals surface area contributed by atoms with Crippen LogP contribution in [0.15, 0.2) is 21.7 Å². The first-order valence-electron chi connectivity index (χ1n) is 4.80. The van der Waals surface area contributed by atoms with Gasteiger partial charge in [-0.2, -0.15) is 0 Å². The second-order valence-corrected chi connectivity index (χ2v) is 4.66. The van der Waals surface area contributed by atoms with E-state index in [4.69, 9.17) is 9.52 Å². The molecular weight excluding hydrogens is 244 g/mol. The van der Waals surface area contributed by atoms with E-state index in [1.807, 2.05) is 6.92 Å². The Morgan fingerprint density at radius 3 is 2.88 bits per heavy atom. The fraction of sp³-hybridized carbons (Fsp3) is 0.333. The van der Waals surface area contributed by atoms with Gasteiger partial charge < -0.3 is 9.52 Å². The minimum Gasteiger partial charge on any atom is -0.475 e. The molecule has 0 saturated carbocycles. The lowest BCUT2D eigenvalue weighted by atomic mass is 10.3. The van der Waals surface area contributed by atoms with Gasteiger partial charge in [0, 0.05) is 7.05 Å². The largest absolute Gasteiger partial charge is 0.475 e. The Morgan fingerprint density at radius 2 is 2.35 bits per heavy atom. The van der Waals surface area contributed by atoms with Crippen molar-refractivity contribution in [1.29, 1.82) is 0 Å². The average Bonchev–Trinajstić information content (AvgIpc) is 2.88. The van der Waals surface area contributed by atoms with E-state index >= 15 is 0 Å². The Bertz CT molecular complexity index is 536. The van der Waals surface area contributed by atoms with Crippen LogP contribution in [0.2, 0.25) is 0 Å². The highest BCUT2D eigenvalue weighted by Gasteiger charge is 2.17. The van der Waals surface area contributed by atoms with Crippen LogP contribution in [0.3, 0.4) is 0 Å². The first kappa shape index (κ1) is 11.6. The number of carbonyl (C=O) groups is 1. The number of carboxylic acids is 1. The van der Waals surface area contributed by atoms with Gasteiger partial charge in [0.05, 0.1) is 5.25 Å². The van der Waals surface area contributed by atoms with Crippen molar-refractivity contribution in [3.05, 3.63) is 23.7 Å². The van der Waals surface area contributed by atoms with Crippen LogP contribution in [0, 0.1) is 0 Å². The van der Waals surface area contributed by atoms with Crippen molar-refractivity contribution >= 4 is 17.7 Å². The third-order valence-electron chi connectivity index (χ3n) is 2.10. The summed E-state index contributed by atoms with van der Waals surface area (Å²) in [6.45, 7) is 1.89. The van der Waals surface area contributed by atoms with Crippen molar-refractivity contribution in [2.75, 3.05) is 0 Å². The molecule has 2 aromatic heterocycles. The second kappa shape index (κ2) is 4.58. The van der Waals surface area contributed by atoms with Crippen LogP contribution in [0.25, 0.3) is 0 Å². The van der Waals surface area contributed by atoms with Crippen LogP contribution in [-0.4, -0.2) is 31.3 Å². The number of tetrazole rings is 1. The van der Waals surface area contributed by atoms with Crippen LogP contribution in [0.1, 0.15) is 28.5 Å². The number of furan rings is 1. The minimum absolute atomic E-state index is 0.0622. The van der Waals surface area contributed by atoms with E-state index in [0.717, 1.165) is 0 Å². The molecule has 90 valence electrons. The van der Waals surface area contributed by atoms with Gasteiger partial charge in [0.1, 0.15) is 5.76 Å². The molecule has 7 nitrogen and oxygen atoms in total. The molecule has 17 heavy (non-hydrogen) atoms. The summed E-state index contributed by atoms with van der Waals surface area (Å²) in [5.41, 5.74) is 0. The highest BCUT2D eigenvalue weighted by atomic mass is 32.2. The molecule has 1 atom stereocenters. The summed E-state index contributed by atoms with van der Waals surface area (Å²) in [4.78, 5) is 10.7. The standard InChI is InChI=1S/C9H10N4O3S/c1-5(17-9-10-11-12-13(9)2)6-3-4-7(16-6)8(14)15/h3-5H,1-2H3,(H,14,15). The lowest BCUT2D eigenvalue weighted by Gasteiger charge is -2.05. The van der Waals surface area contributed by atoms with Crippen molar-refractivity contribution in [3.8, 4) is 0 Å². The maximum atomic E-state index is 10.7. The van der Waals surface area contributed by atoms with Gasteiger partial charge in [-0.25, -0.2) is 9.48 Å². The van der Waals surface area contributed by atoms with Crippen LogP contribution < -0.4 is 0 Å². The van der Waals surface area contributed by atoms with E-state index in [2.05, 4.69) is 15.5 Å². The van der Waals surface area contributed by atoms with Gasteiger partial charge in [0.2, 0.25) is 10.9 Å². The fourth-order valence-electron chi connectivity index (χ4n) is 1.22. The molecule has 2 rings (SSSR count). The molecule has 0 spiro atoms. The number of thioether (sulfide) groups is 1.